The summed E-state index contributed by atoms with van der Waals surface area (Å²) in [5.74, 6) is -1.95. The zero-order valence-electron chi connectivity index (χ0n) is 25.6. The van der Waals surface area contributed by atoms with Crippen molar-refractivity contribution in [3.8, 4) is 34.3 Å². The Hall–Kier alpha value is -3.77. The van der Waals surface area contributed by atoms with E-state index in [2.05, 4.69) is 0 Å². The fourth-order valence-electron chi connectivity index (χ4n) is 5.48. The monoisotopic (exact) mass is 662 g/mol. The van der Waals surface area contributed by atoms with Crippen molar-refractivity contribution in [3.05, 3.63) is 57.8 Å². The lowest BCUT2D eigenvalue weighted by molar-refractivity contribution is -0.354. The summed E-state index contributed by atoms with van der Waals surface area (Å²) in [5.41, 5.74) is 0.152. The summed E-state index contributed by atoms with van der Waals surface area (Å²) in [5, 5.41) is 93.5. The van der Waals surface area contributed by atoms with Crippen molar-refractivity contribution in [2.45, 2.75) is 88.6 Å². The minimum atomic E-state index is -1.88. The number of fused-ring (bicyclic) bond motifs is 1. The minimum absolute atomic E-state index is 0.113. The Balaban J connectivity index is 1.66. The molecular weight excluding hydrogens is 624 g/mol. The summed E-state index contributed by atoms with van der Waals surface area (Å²) in [6, 6.07) is 6.39. The largest absolute Gasteiger partial charge is 0.508 e. The van der Waals surface area contributed by atoms with Crippen LogP contribution in [0, 0.1) is 0 Å². The number of allylic oxidation sites excluding steroid dienone is 2. The van der Waals surface area contributed by atoms with Gasteiger partial charge in [-0.1, -0.05) is 11.6 Å². The summed E-state index contributed by atoms with van der Waals surface area (Å²) >= 11 is 0. The maximum atomic E-state index is 14.2. The van der Waals surface area contributed by atoms with Gasteiger partial charge in [0.1, 0.15) is 64.8 Å². The van der Waals surface area contributed by atoms with Crippen molar-refractivity contribution < 1.29 is 69.3 Å². The summed E-state index contributed by atoms with van der Waals surface area (Å²) in [7, 11) is 0. The molecule has 15 heteroatoms. The zero-order chi connectivity index (χ0) is 34.3. The van der Waals surface area contributed by atoms with E-state index in [0.29, 0.717) is 0 Å². The van der Waals surface area contributed by atoms with E-state index in [0.717, 1.165) is 11.6 Å². The highest BCUT2D eigenvalue weighted by Gasteiger charge is 2.51. The Kier molecular flexibility index (Phi) is 10.1. The molecule has 10 atom stereocenters. The molecule has 3 heterocycles. The standard InChI is InChI=1S/C32H38O15/c1-12(2)4-9-16-17(35)10-18(36)20-23(39)29(27(45-28(16)20)14-5-7-15(34)8-6-14)46-32-30(25(41)22(38)19(11-33)44-32)47-31-26(42)24(40)21(37)13(3)43-31/h4-8,10,13,19,21-22,24-26,30-38,40-42H,9,11H2,1-3H3. The highest BCUT2D eigenvalue weighted by molar-refractivity contribution is 5.91. The number of aromatic hydroxyl groups is 3. The first kappa shape index (κ1) is 34.6. The summed E-state index contributed by atoms with van der Waals surface area (Å²) < 4.78 is 29.1. The molecule has 2 aliphatic rings. The second-order valence-corrected chi connectivity index (χ2v) is 11.8. The molecule has 0 bridgehead atoms. The van der Waals surface area contributed by atoms with Gasteiger partial charge in [-0.3, -0.25) is 4.79 Å². The number of hydrogen-bond donors (Lipinski definition) is 9. The summed E-state index contributed by atoms with van der Waals surface area (Å²) in [4.78, 5) is 14.2. The van der Waals surface area contributed by atoms with E-state index in [1.165, 1.54) is 31.2 Å². The Bertz CT molecular complexity index is 1660. The second kappa shape index (κ2) is 13.8. The molecule has 2 saturated heterocycles. The number of phenols is 3. The van der Waals surface area contributed by atoms with Crippen LogP contribution in [0.3, 0.4) is 0 Å². The fourth-order valence-corrected chi connectivity index (χ4v) is 5.48. The lowest BCUT2D eigenvalue weighted by Crippen LogP contribution is -2.64. The number of phenolic OH excluding ortho intramolecular Hbond substituents is 3. The predicted octanol–water partition coefficient (Wildman–Crippen LogP) is 0.116. The molecule has 2 aliphatic heterocycles. The van der Waals surface area contributed by atoms with Gasteiger partial charge in [0.15, 0.2) is 18.2 Å². The zero-order valence-corrected chi connectivity index (χ0v) is 25.6. The molecule has 0 amide bonds. The second-order valence-electron chi connectivity index (χ2n) is 11.8. The average molecular weight is 663 g/mol. The van der Waals surface area contributed by atoms with Crippen LogP contribution in [0.1, 0.15) is 26.3 Å². The molecule has 256 valence electrons. The molecule has 9 N–H and O–H groups in total. The minimum Gasteiger partial charge on any atom is -0.508 e. The molecule has 0 radical (unpaired) electrons. The van der Waals surface area contributed by atoms with E-state index in [9.17, 15) is 50.8 Å². The van der Waals surface area contributed by atoms with E-state index < -0.39 is 84.9 Å². The fraction of sp³-hybridized carbons (Fsp3) is 0.469. The van der Waals surface area contributed by atoms with Crippen LogP contribution in [0.25, 0.3) is 22.3 Å². The van der Waals surface area contributed by atoms with Crippen LogP contribution in [-0.2, 0) is 20.6 Å². The lowest BCUT2D eigenvalue weighted by atomic mass is 9.97. The maximum absolute atomic E-state index is 14.2. The quantitative estimate of drug-likeness (QED) is 0.145. The topological polar surface area (TPSA) is 249 Å². The van der Waals surface area contributed by atoms with Crippen molar-refractivity contribution in [2.75, 3.05) is 6.61 Å². The number of ether oxygens (including phenoxy) is 4. The number of aliphatic hydroxyl groups excluding tert-OH is 6. The predicted molar refractivity (Wildman–Crippen MR) is 162 cm³/mol. The van der Waals surface area contributed by atoms with E-state index in [-0.39, 0.29) is 45.8 Å². The first-order chi connectivity index (χ1) is 22.2. The Morgan fingerprint density at radius 1 is 0.872 bits per heavy atom. The van der Waals surface area contributed by atoms with Crippen molar-refractivity contribution in [1.29, 1.82) is 0 Å². The van der Waals surface area contributed by atoms with Crippen molar-refractivity contribution in [3.63, 3.8) is 0 Å². The van der Waals surface area contributed by atoms with Crippen LogP contribution < -0.4 is 10.2 Å². The van der Waals surface area contributed by atoms with Gasteiger partial charge in [-0.05, 0) is 51.5 Å². The molecule has 2 aromatic carbocycles. The van der Waals surface area contributed by atoms with Gasteiger partial charge in [0.05, 0.1) is 12.7 Å². The van der Waals surface area contributed by atoms with Crippen molar-refractivity contribution in [2.24, 2.45) is 0 Å². The molecule has 47 heavy (non-hydrogen) atoms. The molecule has 5 rings (SSSR count). The van der Waals surface area contributed by atoms with Crippen LogP contribution in [0.5, 0.6) is 23.0 Å². The molecule has 10 unspecified atom stereocenters. The van der Waals surface area contributed by atoms with Gasteiger partial charge >= 0.3 is 0 Å². The van der Waals surface area contributed by atoms with E-state index >= 15 is 0 Å². The van der Waals surface area contributed by atoms with Gasteiger partial charge in [0.2, 0.25) is 17.5 Å². The maximum Gasteiger partial charge on any atom is 0.239 e. The number of hydrogen-bond acceptors (Lipinski definition) is 15. The molecule has 15 nitrogen and oxygen atoms in total. The third-order valence-electron chi connectivity index (χ3n) is 8.19. The number of aliphatic hydroxyl groups is 6. The van der Waals surface area contributed by atoms with Gasteiger partial charge in [0, 0.05) is 17.2 Å². The number of rotatable bonds is 8. The van der Waals surface area contributed by atoms with Gasteiger partial charge in [-0.2, -0.15) is 0 Å². The summed E-state index contributed by atoms with van der Waals surface area (Å²) in [6.45, 7) is 4.26. The molecule has 0 aliphatic carbocycles. The third kappa shape index (κ3) is 6.67. The SMILES string of the molecule is CC(C)=CCc1c(O)cc(O)c2c(=O)c(OC3OC(CO)C(O)C(O)C3OC3OC(C)C(O)C(O)C3O)c(-c3ccc(O)cc3)oc12. The van der Waals surface area contributed by atoms with E-state index in [4.69, 9.17) is 23.4 Å². The molecule has 0 saturated carbocycles. The van der Waals surface area contributed by atoms with Crippen LogP contribution in [0.4, 0.5) is 0 Å². The first-order valence-corrected chi connectivity index (χ1v) is 14.8. The highest BCUT2D eigenvalue weighted by Crippen LogP contribution is 2.41. The Morgan fingerprint density at radius 3 is 2.19 bits per heavy atom. The van der Waals surface area contributed by atoms with Crippen LogP contribution in [-0.4, -0.2) is 114 Å². The van der Waals surface area contributed by atoms with Crippen molar-refractivity contribution in [1.82, 2.24) is 0 Å². The lowest BCUT2D eigenvalue weighted by Gasteiger charge is -2.45. The van der Waals surface area contributed by atoms with Crippen LogP contribution in [0.2, 0.25) is 0 Å². The third-order valence-corrected chi connectivity index (χ3v) is 8.19. The van der Waals surface area contributed by atoms with Gasteiger partial charge in [-0.25, -0.2) is 0 Å². The van der Waals surface area contributed by atoms with E-state index in [1.54, 1.807) is 6.08 Å². The molecule has 3 aromatic rings. The molecular formula is C32H38O15. The Morgan fingerprint density at radius 2 is 1.55 bits per heavy atom. The van der Waals surface area contributed by atoms with Crippen LogP contribution in [0.15, 0.2) is 51.2 Å². The van der Waals surface area contributed by atoms with Gasteiger partial charge in [0.25, 0.3) is 0 Å². The molecule has 0 spiro atoms. The molecule has 1 aromatic heterocycles. The smallest absolute Gasteiger partial charge is 0.239 e. The highest BCUT2D eigenvalue weighted by atomic mass is 16.8. The van der Waals surface area contributed by atoms with E-state index in [1.807, 2.05) is 13.8 Å². The normalized spacial score (nSPS) is 31.1. The average Bonchev–Trinajstić information content (AvgIpc) is 3.02. The molecule has 2 fully saturated rings. The Labute approximate surface area is 267 Å². The summed E-state index contributed by atoms with van der Waals surface area (Å²) in [6.07, 6.45) is -14.5. The van der Waals surface area contributed by atoms with Gasteiger partial charge in [-0.15, -0.1) is 0 Å². The first-order valence-electron chi connectivity index (χ1n) is 14.8. The van der Waals surface area contributed by atoms with Gasteiger partial charge < -0.3 is 69.3 Å². The van der Waals surface area contributed by atoms with Crippen molar-refractivity contribution >= 4 is 11.0 Å². The number of benzene rings is 2. The van der Waals surface area contributed by atoms with Crippen LogP contribution >= 0.6 is 0 Å².